The van der Waals surface area contributed by atoms with Gasteiger partial charge in [-0.2, -0.15) is 0 Å². The lowest BCUT2D eigenvalue weighted by Crippen LogP contribution is -2.26. The smallest absolute Gasteiger partial charge is 0.339 e. The zero-order valence-corrected chi connectivity index (χ0v) is 11.9. The van der Waals surface area contributed by atoms with Crippen molar-refractivity contribution in [3.8, 4) is 5.75 Å². The van der Waals surface area contributed by atoms with Crippen molar-refractivity contribution in [1.82, 2.24) is 0 Å². The second-order valence-corrected chi connectivity index (χ2v) is 3.97. The molecule has 1 heterocycles. The van der Waals surface area contributed by atoms with Crippen LogP contribution in [-0.2, 0) is 11.2 Å². The van der Waals surface area contributed by atoms with E-state index in [0.717, 1.165) is 5.39 Å². The largest absolute Gasteiger partial charge is 0.497 e. The highest BCUT2D eigenvalue weighted by Gasteiger charge is 2.10. The molecular weight excluding hydrogens is 258 g/mol. The van der Waals surface area contributed by atoms with Gasteiger partial charge in [-0.1, -0.05) is 13.8 Å². The Kier molecular flexibility index (Phi) is 5.93. The molecule has 0 aliphatic carbocycles. The molecule has 1 atom stereocenters. The van der Waals surface area contributed by atoms with Crippen molar-refractivity contribution in [3.63, 3.8) is 0 Å². The van der Waals surface area contributed by atoms with Gasteiger partial charge in [-0.3, -0.25) is 0 Å². The average molecular weight is 277 g/mol. The van der Waals surface area contributed by atoms with Crippen LogP contribution < -0.4 is 16.1 Å². The van der Waals surface area contributed by atoms with Crippen LogP contribution in [0.15, 0.2) is 33.5 Å². The minimum Gasteiger partial charge on any atom is -0.497 e. The fourth-order valence-corrected chi connectivity index (χ4v) is 1.71. The highest BCUT2D eigenvalue weighted by Crippen LogP contribution is 2.20. The third kappa shape index (κ3) is 3.68. The van der Waals surface area contributed by atoms with Gasteiger partial charge in [0.1, 0.15) is 17.6 Å². The van der Waals surface area contributed by atoms with E-state index in [1.54, 1.807) is 24.3 Å². The van der Waals surface area contributed by atoms with Gasteiger partial charge in [-0.25, -0.2) is 4.79 Å². The molecular formula is C15H19NO4. The number of benzene rings is 1. The van der Waals surface area contributed by atoms with Crippen molar-refractivity contribution in [3.05, 3.63) is 40.2 Å². The number of fused-ring (bicyclic) bond motifs is 1. The summed E-state index contributed by atoms with van der Waals surface area (Å²) in [5.74, 6) is 0.614. The number of rotatable bonds is 4. The quantitative estimate of drug-likeness (QED) is 0.681. The molecule has 5 nitrogen and oxygen atoms in total. The van der Waals surface area contributed by atoms with Gasteiger partial charge in [-0.15, -0.1) is 0 Å². The normalized spacial score (nSPS) is 11.4. The molecule has 2 rings (SSSR count). The predicted molar refractivity (Wildman–Crippen MR) is 78.1 cm³/mol. The second-order valence-electron chi connectivity index (χ2n) is 3.97. The molecule has 1 aromatic carbocycles. The number of hydrogen-bond donors (Lipinski definition) is 1. The molecule has 1 aromatic heterocycles. The molecule has 0 spiro atoms. The molecule has 2 N–H and O–H groups in total. The zero-order chi connectivity index (χ0) is 15.1. The maximum Gasteiger partial charge on any atom is 0.339 e. The first kappa shape index (κ1) is 15.9. The molecule has 0 amide bonds. The van der Waals surface area contributed by atoms with Crippen LogP contribution in [0.1, 0.15) is 19.4 Å². The summed E-state index contributed by atoms with van der Waals surface area (Å²) in [5.41, 5.74) is 5.86. The Labute approximate surface area is 117 Å². The van der Waals surface area contributed by atoms with Gasteiger partial charge < -0.3 is 19.7 Å². The van der Waals surface area contributed by atoms with E-state index in [1.807, 2.05) is 13.8 Å². The van der Waals surface area contributed by atoms with Crippen LogP contribution in [0, 0.1) is 0 Å². The van der Waals surface area contributed by atoms with E-state index in [0.29, 0.717) is 23.2 Å². The van der Waals surface area contributed by atoms with E-state index in [-0.39, 0.29) is 6.42 Å². The van der Waals surface area contributed by atoms with E-state index in [9.17, 15) is 9.59 Å². The molecule has 0 saturated heterocycles. The number of ether oxygens (including phenoxy) is 1. The zero-order valence-electron chi connectivity index (χ0n) is 11.9. The highest BCUT2D eigenvalue weighted by molar-refractivity contribution is 5.78. The molecule has 1 unspecified atom stereocenters. The van der Waals surface area contributed by atoms with Gasteiger partial charge in [0, 0.05) is 23.4 Å². The summed E-state index contributed by atoms with van der Waals surface area (Å²) in [6.45, 7) is 4.00. The second kappa shape index (κ2) is 7.45. The first-order valence-corrected chi connectivity index (χ1v) is 6.45. The van der Waals surface area contributed by atoms with Crippen LogP contribution >= 0.6 is 0 Å². The van der Waals surface area contributed by atoms with Crippen molar-refractivity contribution in [2.24, 2.45) is 5.73 Å². The first-order valence-electron chi connectivity index (χ1n) is 6.45. The molecule has 0 radical (unpaired) electrons. The third-order valence-electron chi connectivity index (χ3n) is 2.65. The maximum atomic E-state index is 11.7. The molecule has 0 fully saturated rings. The Morgan fingerprint density at radius 1 is 1.35 bits per heavy atom. The number of carbonyl (C=O) groups excluding carboxylic acids is 1. The predicted octanol–water partition coefficient (Wildman–Crippen LogP) is 1.90. The van der Waals surface area contributed by atoms with Gasteiger partial charge in [0.2, 0.25) is 0 Å². The Balaban J connectivity index is 0.000000956. The number of hydrogen-bond acceptors (Lipinski definition) is 5. The molecule has 0 aliphatic heterocycles. The van der Waals surface area contributed by atoms with Crippen LogP contribution in [0.4, 0.5) is 0 Å². The van der Waals surface area contributed by atoms with Crippen molar-refractivity contribution in [2.75, 3.05) is 7.11 Å². The monoisotopic (exact) mass is 277 g/mol. The maximum absolute atomic E-state index is 11.7. The Morgan fingerprint density at radius 2 is 2.05 bits per heavy atom. The summed E-state index contributed by atoms with van der Waals surface area (Å²) in [4.78, 5) is 22.2. The number of nitrogens with two attached hydrogens (primary N) is 1. The fourth-order valence-electron chi connectivity index (χ4n) is 1.71. The van der Waals surface area contributed by atoms with E-state index >= 15 is 0 Å². The highest BCUT2D eigenvalue weighted by atomic mass is 16.5. The van der Waals surface area contributed by atoms with Crippen molar-refractivity contribution in [2.45, 2.75) is 26.3 Å². The average Bonchev–Trinajstić information content (AvgIpc) is 2.49. The minimum absolute atomic E-state index is 0.174. The topological polar surface area (TPSA) is 82.5 Å². The summed E-state index contributed by atoms with van der Waals surface area (Å²) in [6.07, 6.45) is 0.783. The van der Waals surface area contributed by atoms with Crippen LogP contribution in [0.3, 0.4) is 0 Å². The van der Waals surface area contributed by atoms with Crippen LogP contribution in [-0.4, -0.2) is 19.4 Å². The van der Waals surface area contributed by atoms with Crippen LogP contribution in [0.5, 0.6) is 5.75 Å². The van der Waals surface area contributed by atoms with E-state index < -0.39 is 11.7 Å². The van der Waals surface area contributed by atoms with Crippen molar-refractivity contribution < 1.29 is 13.9 Å². The Bertz CT molecular complexity index is 633. The molecule has 5 heteroatoms. The molecule has 20 heavy (non-hydrogen) atoms. The Morgan fingerprint density at radius 3 is 2.65 bits per heavy atom. The van der Waals surface area contributed by atoms with E-state index in [2.05, 4.69) is 0 Å². The molecule has 108 valence electrons. The van der Waals surface area contributed by atoms with Gasteiger partial charge in [0.15, 0.2) is 0 Å². The van der Waals surface area contributed by atoms with Gasteiger partial charge in [0.25, 0.3) is 0 Å². The molecule has 0 saturated carbocycles. The number of carbonyl (C=O) groups is 1. The van der Waals surface area contributed by atoms with Crippen molar-refractivity contribution >= 4 is 17.3 Å². The summed E-state index contributed by atoms with van der Waals surface area (Å²) in [6, 6.07) is 6.19. The Hall–Kier alpha value is -2.14. The summed E-state index contributed by atoms with van der Waals surface area (Å²) in [5, 5.41) is 0.767. The molecule has 0 aliphatic rings. The van der Waals surface area contributed by atoms with Gasteiger partial charge in [-0.05, 0) is 18.2 Å². The van der Waals surface area contributed by atoms with Crippen LogP contribution in [0.2, 0.25) is 0 Å². The molecule has 2 aromatic rings. The molecule has 0 bridgehead atoms. The first-order chi connectivity index (χ1) is 9.63. The standard InChI is InChI=1S/C13H13NO4.C2H6/c1-17-11-3-2-8-4-9(5-10(14)7-15)13(16)18-12(8)6-11;1-2/h2-4,6-7,10H,5,14H2,1H3;1-2H3. The minimum atomic E-state index is -0.691. The van der Waals surface area contributed by atoms with E-state index in [4.69, 9.17) is 14.9 Å². The van der Waals surface area contributed by atoms with Crippen molar-refractivity contribution in [1.29, 1.82) is 0 Å². The van der Waals surface area contributed by atoms with E-state index in [1.165, 1.54) is 7.11 Å². The lowest BCUT2D eigenvalue weighted by molar-refractivity contribution is -0.108. The SMILES string of the molecule is CC.COc1ccc2cc(CC(N)C=O)c(=O)oc2c1. The van der Waals surface area contributed by atoms with Gasteiger partial charge >= 0.3 is 5.63 Å². The summed E-state index contributed by atoms with van der Waals surface area (Å²) < 4.78 is 10.2. The fraction of sp³-hybridized carbons (Fsp3) is 0.333. The van der Waals surface area contributed by atoms with Crippen LogP contribution in [0.25, 0.3) is 11.0 Å². The third-order valence-corrected chi connectivity index (χ3v) is 2.65. The summed E-state index contributed by atoms with van der Waals surface area (Å²) in [7, 11) is 1.54. The number of aldehydes is 1. The lowest BCUT2D eigenvalue weighted by atomic mass is 10.1. The lowest BCUT2D eigenvalue weighted by Gasteiger charge is -2.05. The number of methoxy groups -OCH3 is 1. The summed E-state index contributed by atoms with van der Waals surface area (Å²) >= 11 is 0. The van der Waals surface area contributed by atoms with Gasteiger partial charge in [0.05, 0.1) is 13.2 Å².